The predicted molar refractivity (Wildman–Crippen MR) is 47.7 cm³/mol. The molecule has 1 aromatic rings. The molecule has 0 fully saturated rings. The van der Waals surface area contributed by atoms with Gasteiger partial charge in [0.25, 0.3) is 5.69 Å². The van der Waals surface area contributed by atoms with Gasteiger partial charge in [-0.05, 0) is 18.2 Å². The van der Waals surface area contributed by atoms with Crippen molar-refractivity contribution in [3.8, 4) is 0 Å². The maximum Gasteiger partial charge on any atom is 0.274 e. The molecule has 13 heavy (non-hydrogen) atoms. The fourth-order valence-electron chi connectivity index (χ4n) is 1.03. The van der Waals surface area contributed by atoms with Crippen LogP contribution in [0.4, 0.5) is 17.1 Å². The molecule has 0 bridgehead atoms. The molecule has 68 valence electrons. The van der Waals surface area contributed by atoms with Crippen molar-refractivity contribution in [2.75, 3.05) is 5.73 Å². The molecule has 0 aromatic heterocycles. The third kappa shape index (κ3) is 1.46. The normalized spacial score (nSPS) is 9.62. The Morgan fingerprint density at radius 2 is 2.15 bits per heavy atom. The van der Waals surface area contributed by atoms with E-state index in [1.165, 1.54) is 19.1 Å². The van der Waals surface area contributed by atoms with Gasteiger partial charge in [0.1, 0.15) is 5.69 Å². The summed E-state index contributed by atoms with van der Waals surface area (Å²) in [6.45, 7) is 1.44. The highest BCUT2D eigenvalue weighted by atomic mass is 16.6. The molecular weight excluding hydrogens is 174 g/mol. The second-order valence-electron chi connectivity index (χ2n) is 2.50. The minimum absolute atomic E-state index is 0.0609. The molecule has 0 radical (unpaired) electrons. The highest BCUT2D eigenvalue weighted by molar-refractivity contribution is 5.71. The summed E-state index contributed by atoms with van der Waals surface area (Å²) >= 11 is 0. The Hall–Kier alpha value is -1.98. The summed E-state index contributed by atoms with van der Waals surface area (Å²) < 4.78 is 0. The van der Waals surface area contributed by atoms with E-state index in [1.807, 2.05) is 0 Å². The smallest absolute Gasteiger partial charge is 0.274 e. The summed E-state index contributed by atoms with van der Waals surface area (Å²) in [5, 5.41) is 13.1. The van der Waals surface area contributed by atoms with E-state index < -0.39 is 4.92 Å². The number of hydrogen-bond donors (Lipinski definition) is 1. The molecule has 6 nitrogen and oxygen atoms in total. The topological polar surface area (TPSA) is 98.6 Å². The molecule has 0 saturated heterocycles. The Morgan fingerprint density at radius 1 is 1.54 bits per heavy atom. The van der Waals surface area contributed by atoms with E-state index in [9.17, 15) is 15.0 Å². The van der Waals surface area contributed by atoms with Crippen molar-refractivity contribution in [2.45, 2.75) is 6.92 Å². The van der Waals surface area contributed by atoms with Crippen LogP contribution < -0.4 is 5.73 Å². The number of nitrogens with zero attached hydrogens (tertiary/aromatic N) is 2. The lowest BCUT2D eigenvalue weighted by Gasteiger charge is -2.01. The first-order valence-corrected chi connectivity index (χ1v) is 3.44. The van der Waals surface area contributed by atoms with Crippen LogP contribution >= 0.6 is 0 Å². The maximum absolute atomic E-state index is 10.4. The summed E-state index contributed by atoms with van der Waals surface area (Å²) in [6.07, 6.45) is 0. The molecule has 1 rings (SSSR count). The molecule has 0 amide bonds. The molecular formula is C7H7N3O3. The van der Waals surface area contributed by atoms with Crippen molar-refractivity contribution in [3.63, 3.8) is 0 Å². The van der Waals surface area contributed by atoms with E-state index in [1.54, 1.807) is 0 Å². The van der Waals surface area contributed by atoms with Crippen molar-refractivity contribution in [2.24, 2.45) is 5.18 Å². The SMILES string of the molecule is Cc1c([N+](=O)[O-])ccc(N)c1N=O. The minimum atomic E-state index is -0.580. The molecule has 6 heteroatoms. The van der Waals surface area contributed by atoms with E-state index in [-0.39, 0.29) is 22.6 Å². The Kier molecular flexibility index (Phi) is 2.23. The van der Waals surface area contributed by atoms with Gasteiger partial charge < -0.3 is 5.73 Å². The molecule has 1 aromatic carbocycles. The monoisotopic (exact) mass is 181 g/mol. The third-order valence-corrected chi connectivity index (χ3v) is 1.72. The number of nitrogens with two attached hydrogens (primary N) is 1. The van der Waals surface area contributed by atoms with Crippen LogP contribution in [0.3, 0.4) is 0 Å². The predicted octanol–water partition coefficient (Wildman–Crippen LogP) is 1.88. The highest BCUT2D eigenvalue weighted by Crippen LogP contribution is 2.32. The Morgan fingerprint density at radius 3 is 2.62 bits per heavy atom. The maximum atomic E-state index is 10.4. The number of rotatable bonds is 2. The highest BCUT2D eigenvalue weighted by Gasteiger charge is 2.16. The molecule has 0 saturated carbocycles. The van der Waals surface area contributed by atoms with Crippen LogP contribution in [0.25, 0.3) is 0 Å². The molecule has 0 unspecified atom stereocenters. The first-order valence-electron chi connectivity index (χ1n) is 3.44. The van der Waals surface area contributed by atoms with Gasteiger partial charge in [-0.3, -0.25) is 10.1 Å². The van der Waals surface area contributed by atoms with Crippen LogP contribution in [0.1, 0.15) is 5.56 Å². The van der Waals surface area contributed by atoms with Crippen molar-refractivity contribution in [1.29, 1.82) is 0 Å². The number of nitro groups is 1. The van der Waals surface area contributed by atoms with Crippen LogP contribution in [0.5, 0.6) is 0 Å². The van der Waals surface area contributed by atoms with Crippen molar-refractivity contribution in [3.05, 3.63) is 32.7 Å². The second kappa shape index (κ2) is 3.18. The van der Waals surface area contributed by atoms with Crippen LogP contribution in [0.2, 0.25) is 0 Å². The first-order chi connectivity index (χ1) is 6.07. The molecule has 0 spiro atoms. The number of hydrogen-bond acceptors (Lipinski definition) is 5. The van der Waals surface area contributed by atoms with Gasteiger partial charge in [-0.25, -0.2) is 0 Å². The molecule has 0 aliphatic carbocycles. The Balaban J connectivity index is 3.44. The largest absolute Gasteiger partial charge is 0.397 e. The molecule has 0 aliphatic heterocycles. The summed E-state index contributed by atoms with van der Waals surface area (Å²) in [5.41, 5.74) is 5.52. The van der Waals surface area contributed by atoms with Crippen molar-refractivity contribution in [1.82, 2.24) is 0 Å². The average molecular weight is 181 g/mol. The van der Waals surface area contributed by atoms with Crippen LogP contribution in [-0.2, 0) is 0 Å². The molecule has 2 N–H and O–H groups in total. The van der Waals surface area contributed by atoms with Crippen molar-refractivity contribution < 1.29 is 4.92 Å². The lowest BCUT2D eigenvalue weighted by molar-refractivity contribution is -0.385. The van der Waals surface area contributed by atoms with Crippen LogP contribution in [0, 0.1) is 21.9 Å². The van der Waals surface area contributed by atoms with Gasteiger partial charge in [0.15, 0.2) is 0 Å². The van der Waals surface area contributed by atoms with Gasteiger partial charge in [0.05, 0.1) is 16.2 Å². The number of nitroso groups, excluding NO2 is 1. The van der Waals surface area contributed by atoms with Crippen LogP contribution in [-0.4, -0.2) is 4.92 Å². The Bertz CT molecular complexity index is 375. The van der Waals surface area contributed by atoms with Gasteiger partial charge in [0.2, 0.25) is 0 Å². The lowest BCUT2D eigenvalue weighted by atomic mass is 10.1. The zero-order chi connectivity index (χ0) is 10.0. The minimum Gasteiger partial charge on any atom is -0.397 e. The van der Waals surface area contributed by atoms with E-state index in [2.05, 4.69) is 5.18 Å². The van der Waals surface area contributed by atoms with Crippen molar-refractivity contribution >= 4 is 17.1 Å². The number of benzene rings is 1. The standard InChI is InChI=1S/C7H7N3O3/c1-4-6(10(12)13)3-2-5(8)7(4)9-11/h2-3H,8H2,1H3. The van der Waals surface area contributed by atoms with Crippen LogP contribution in [0.15, 0.2) is 17.3 Å². The zero-order valence-electron chi connectivity index (χ0n) is 6.85. The number of anilines is 1. The van der Waals surface area contributed by atoms with E-state index in [0.29, 0.717) is 0 Å². The summed E-state index contributed by atoms with van der Waals surface area (Å²) in [4.78, 5) is 20.1. The van der Waals surface area contributed by atoms with Gasteiger partial charge in [0, 0.05) is 6.07 Å². The summed E-state index contributed by atoms with van der Waals surface area (Å²) in [7, 11) is 0. The molecule has 0 atom stereocenters. The van der Waals surface area contributed by atoms with E-state index >= 15 is 0 Å². The quantitative estimate of drug-likeness (QED) is 0.326. The first kappa shape index (κ1) is 9.11. The third-order valence-electron chi connectivity index (χ3n) is 1.72. The molecule has 0 heterocycles. The molecule has 0 aliphatic rings. The van der Waals surface area contributed by atoms with Gasteiger partial charge in [-0.1, -0.05) is 0 Å². The van der Waals surface area contributed by atoms with Gasteiger partial charge in [-0.2, -0.15) is 0 Å². The second-order valence-corrected chi connectivity index (χ2v) is 2.50. The van der Waals surface area contributed by atoms with E-state index in [4.69, 9.17) is 5.73 Å². The summed E-state index contributed by atoms with van der Waals surface area (Å²) in [5.74, 6) is 0. The van der Waals surface area contributed by atoms with E-state index in [0.717, 1.165) is 0 Å². The van der Waals surface area contributed by atoms with Gasteiger partial charge >= 0.3 is 0 Å². The number of nitrogen functional groups attached to an aromatic ring is 1. The Labute approximate surface area is 73.5 Å². The average Bonchev–Trinajstić information content (AvgIpc) is 2.04. The number of nitro benzene ring substituents is 1. The fourth-order valence-corrected chi connectivity index (χ4v) is 1.03. The zero-order valence-corrected chi connectivity index (χ0v) is 6.85. The summed E-state index contributed by atoms with van der Waals surface area (Å²) in [6, 6.07) is 2.54. The van der Waals surface area contributed by atoms with Gasteiger partial charge in [-0.15, -0.1) is 4.91 Å². The lowest BCUT2D eigenvalue weighted by Crippen LogP contribution is -1.94. The fraction of sp³-hybridized carbons (Fsp3) is 0.143.